The van der Waals surface area contributed by atoms with E-state index < -0.39 is 0 Å². The molecule has 0 bridgehead atoms. The summed E-state index contributed by atoms with van der Waals surface area (Å²) in [5.74, 6) is 0.112. The highest BCUT2D eigenvalue weighted by Gasteiger charge is 2.41. The molecule has 1 aromatic carbocycles. The Hall–Kier alpha value is -1.72. The number of carbonyl (C=O) groups excluding carboxylic acids is 1. The van der Waals surface area contributed by atoms with Gasteiger partial charge < -0.3 is 9.64 Å². The Morgan fingerprint density at radius 3 is 2.52 bits per heavy atom. The van der Waals surface area contributed by atoms with Crippen molar-refractivity contribution < 1.29 is 9.53 Å². The van der Waals surface area contributed by atoms with Gasteiger partial charge in [0.25, 0.3) is 5.91 Å². The molecule has 4 nitrogen and oxygen atoms in total. The fourth-order valence-electron chi connectivity index (χ4n) is 3.79. The predicted octanol–water partition coefficient (Wildman–Crippen LogP) is 3.79. The van der Waals surface area contributed by atoms with Gasteiger partial charge in [-0.1, -0.05) is 37.3 Å². The maximum atomic E-state index is 12.6. The first-order valence-corrected chi connectivity index (χ1v) is 9.78. The van der Waals surface area contributed by atoms with Crippen LogP contribution < -0.4 is 0 Å². The van der Waals surface area contributed by atoms with Crippen LogP contribution in [0.25, 0.3) is 0 Å². The molecule has 1 fully saturated rings. The lowest BCUT2D eigenvalue weighted by Gasteiger charge is -2.42. The Labute approximate surface area is 153 Å². The summed E-state index contributed by atoms with van der Waals surface area (Å²) < 4.78 is 5.34. The van der Waals surface area contributed by atoms with Gasteiger partial charge in [-0.2, -0.15) is 0 Å². The van der Waals surface area contributed by atoms with Crippen molar-refractivity contribution in [3.63, 3.8) is 0 Å². The molecule has 3 rings (SSSR count). The van der Waals surface area contributed by atoms with E-state index in [0.29, 0.717) is 6.42 Å². The molecule has 25 heavy (non-hydrogen) atoms. The van der Waals surface area contributed by atoms with Crippen molar-refractivity contribution in [2.45, 2.75) is 44.6 Å². The fraction of sp³-hybridized carbons (Fsp3) is 0.500. The monoisotopic (exact) mass is 358 g/mol. The molecule has 0 N–H and O–H groups in total. The number of likely N-dealkylation sites (tertiary alicyclic amines) is 1. The van der Waals surface area contributed by atoms with Crippen molar-refractivity contribution >= 4 is 17.2 Å². The van der Waals surface area contributed by atoms with Crippen molar-refractivity contribution in [2.75, 3.05) is 20.2 Å². The van der Waals surface area contributed by atoms with Crippen LogP contribution in [0.15, 0.2) is 35.7 Å². The van der Waals surface area contributed by atoms with Crippen molar-refractivity contribution in [3.05, 3.63) is 52.0 Å². The first kappa shape index (κ1) is 18.1. The van der Waals surface area contributed by atoms with E-state index in [9.17, 15) is 4.79 Å². The molecule has 0 radical (unpaired) electrons. The summed E-state index contributed by atoms with van der Waals surface area (Å²) >= 11 is 1.70. The zero-order chi connectivity index (χ0) is 17.9. The van der Waals surface area contributed by atoms with Crippen molar-refractivity contribution in [1.82, 2.24) is 9.88 Å². The van der Waals surface area contributed by atoms with Crippen molar-refractivity contribution in [3.8, 4) is 0 Å². The normalized spacial score (nSPS) is 18.1. The van der Waals surface area contributed by atoms with Gasteiger partial charge >= 0.3 is 0 Å². The van der Waals surface area contributed by atoms with Gasteiger partial charge in [0, 0.05) is 31.0 Å². The van der Waals surface area contributed by atoms with Crippen molar-refractivity contribution in [1.29, 1.82) is 0 Å². The number of rotatable bonds is 5. The average molecular weight is 359 g/mol. The fourth-order valence-corrected chi connectivity index (χ4v) is 4.50. The molecule has 2 aromatic rings. The van der Waals surface area contributed by atoms with Gasteiger partial charge in [0.2, 0.25) is 0 Å². The number of carbonyl (C=O) groups is 1. The Morgan fingerprint density at radius 2 is 2.00 bits per heavy atom. The quantitative estimate of drug-likeness (QED) is 0.817. The molecule has 0 spiro atoms. The smallest absolute Gasteiger partial charge is 0.251 e. The Bertz CT molecular complexity index is 701. The number of aromatic nitrogens is 1. The number of benzene rings is 1. The van der Waals surface area contributed by atoms with Crippen LogP contribution >= 0.6 is 11.3 Å². The predicted molar refractivity (Wildman–Crippen MR) is 101 cm³/mol. The zero-order valence-corrected chi connectivity index (χ0v) is 16.0. The van der Waals surface area contributed by atoms with Crippen LogP contribution in [0.1, 0.15) is 42.5 Å². The molecule has 5 heteroatoms. The number of amides is 1. The Balaban J connectivity index is 1.86. The molecule has 2 heterocycles. The maximum Gasteiger partial charge on any atom is 0.251 e. The van der Waals surface area contributed by atoms with Crippen LogP contribution in [0.5, 0.6) is 0 Å². The van der Waals surface area contributed by atoms with E-state index in [1.54, 1.807) is 18.4 Å². The number of aryl methyl sites for hydroxylation is 1. The second-order valence-electron chi connectivity index (χ2n) is 6.66. The van der Waals surface area contributed by atoms with Gasteiger partial charge in [-0.25, -0.2) is 4.98 Å². The first-order chi connectivity index (χ1) is 12.1. The minimum atomic E-state index is -0.328. The second kappa shape index (κ2) is 7.67. The highest BCUT2D eigenvalue weighted by atomic mass is 32.1. The molecule has 0 saturated carbocycles. The van der Waals surface area contributed by atoms with E-state index in [0.717, 1.165) is 36.6 Å². The molecule has 134 valence electrons. The lowest BCUT2D eigenvalue weighted by Crippen LogP contribution is -2.49. The lowest BCUT2D eigenvalue weighted by atomic mass is 9.70. The van der Waals surface area contributed by atoms with Crippen LogP contribution in [0, 0.1) is 6.92 Å². The van der Waals surface area contributed by atoms with E-state index in [1.165, 1.54) is 5.56 Å². The minimum absolute atomic E-state index is 0.0996. The van der Waals surface area contributed by atoms with Crippen LogP contribution in [-0.4, -0.2) is 42.1 Å². The molecule has 0 aliphatic carbocycles. The standard InChI is InChI=1S/C20H26N2O2S/c1-4-17(24-3)19(23)22-12-10-20(11-13-22,16-8-6-5-7-9-16)18-14-25-15(2)21-18/h5-9,14,17H,4,10-13H2,1-3H3. The number of ether oxygens (including phenoxy) is 1. The molecule has 1 unspecified atom stereocenters. The van der Waals surface area contributed by atoms with E-state index in [1.807, 2.05) is 17.9 Å². The summed E-state index contributed by atoms with van der Waals surface area (Å²) in [7, 11) is 1.61. The number of hydrogen-bond acceptors (Lipinski definition) is 4. The van der Waals surface area contributed by atoms with Crippen LogP contribution in [-0.2, 0) is 14.9 Å². The third kappa shape index (κ3) is 3.48. The molecular weight excluding hydrogens is 332 g/mol. The largest absolute Gasteiger partial charge is 0.372 e. The summed E-state index contributed by atoms with van der Waals surface area (Å²) in [4.78, 5) is 19.4. The van der Waals surface area contributed by atoms with Gasteiger partial charge in [-0.15, -0.1) is 11.3 Å². The van der Waals surface area contributed by atoms with Gasteiger partial charge in [-0.3, -0.25) is 4.79 Å². The summed E-state index contributed by atoms with van der Waals surface area (Å²) in [6, 6.07) is 10.6. The van der Waals surface area contributed by atoms with Crippen LogP contribution in [0.4, 0.5) is 0 Å². The topological polar surface area (TPSA) is 42.4 Å². The molecule has 1 atom stereocenters. The van der Waals surface area contributed by atoms with Gasteiger partial charge in [0.15, 0.2) is 0 Å². The van der Waals surface area contributed by atoms with Crippen molar-refractivity contribution in [2.24, 2.45) is 0 Å². The van der Waals surface area contributed by atoms with Gasteiger partial charge in [-0.05, 0) is 31.7 Å². The molecule has 1 aliphatic heterocycles. The van der Waals surface area contributed by atoms with E-state index in [2.05, 4.69) is 36.6 Å². The third-order valence-corrected chi connectivity index (χ3v) is 6.07. The third-order valence-electron chi connectivity index (χ3n) is 5.30. The number of nitrogens with zero attached hydrogens (tertiary/aromatic N) is 2. The lowest BCUT2D eigenvalue weighted by molar-refractivity contribution is -0.143. The maximum absolute atomic E-state index is 12.6. The highest BCUT2D eigenvalue weighted by Crippen LogP contribution is 2.42. The summed E-state index contributed by atoms with van der Waals surface area (Å²) in [5.41, 5.74) is 2.34. The Kier molecular flexibility index (Phi) is 5.54. The van der Waals surface area contributed by atoms with Crippen LogP contribution in [0.3, 0.4) is 0 Å². The summed E-state index contributed by atoms with van der Waals surface area (Å²) in [5, 5.41) is 3.28. The molecule has 1 aromatic heterocycles. The van der Waals surface area contributed by atoms with E-state index >= 15 is 0 Å². The number of methoxy groups -OCH3 is 1. The number of hydrogen-bond donors (Lipinski definition) is 0. The second-order valence-corrected chi connectivity index (χ2v) is 7.72. The number of piperidine rings is 1. The first-order valence-electron chi connectivity index (χ1n) is 8.90. The SMILES string of the molecule is CCC(OC)C(=O)N1CCC(c2ccccc2)(c2csc(C)n2)CC1. The number of thiazole rings is 1. The molecule has 1 aliphatic rings. The van der Waals surface area contributed by atoms with Gasteiger partial charge in [0.1, 0.15) is 6.10 Å². The van der Waals surface area contributed by atoms with E-state index in [-0.39, 0.29) is 17.4 Å². The Morgan fingerprint density at radius 1 is 1.32 bits per heavy atom. The zero-order valence-electron chi connectivity index (χ0n) is 15.2. The molecule has 1 saturated heterocycles. The molecular formula is C20H26N2O2S. The van der Waals surface area contributed by atoms with Crippen LogP contribution in [0.2, 0.25) is 0 Å². The summed E-state index contributed by atoms with van der Waals surface area (Å²) in [6.45, 7) is 5.52. The summed E-state index contributed by atoms with van der Waals surface area (Å²) in [6.07, 6.45) is 2.17. The minimum Gasteiger partial charge on any atom is -0.372 e. The van der Waals surface area contributed by atoms with Gasteiger partial charge in [0.05, 0.1) is 10.7 Å². The highest BCUT2D eigenvalue weighted by molar-refractivity contribution is 7.09. The molecule has 1 amide bonds. The van der Waals surface area contributed by atoms with E-state index in [4.69, 9.17) is 9.72 Å². The average Bonchev–Trinajstić information content (AvgIpc) is 3.10.